The summed E-state index contributed by atoms with van der Waals surface area (Å²) in [6, 6.07) is 4.64. The van der Waals surface area contributed by atoms with E-state index >= 15 is 0 Å². The highest BCUT2D eigenvalue weighted by Gasteiger charge is 2.20. The first-order valence-corrected chi connectivity index (χ1v) is 4.81. The predicted molar refractivity (Wildman–Crippen MR) is 59.6 cm³/mol. The molecule has 1 aromatic carbocycles. The molecule has 0 amide bonds. The van der Waals surface area contributed by atoms with Gasteiger partial charge < -0.3 is 4.74 Å². The Morgan fingerprint density at radius 1 is 1.47 bits per heavy atom. The fraction of sp³-hybridized carbons (Fsp3) is 0.200. The van der Waals surface area contributed by atoms with E-state index in [1.165, 1.54) is 24.2 Å². The summed E-state index contributed by atoms with van der Waals surface area (Å²) in [5.74, 6) is 0.566. The van der Waals surface area contributed by atoms with Gasteiger partial charge >= 0.3 is 5.69 Å². The third-order valence-electron chi connectivity index (χ3n) is 2.24. The van der Waals surface area contributed by atoms with E-state index in [0.717, 1.165) is 0 Å². The van der Waals surface area contributed by atoms with Gasteiger partial charge in [-0.3, -0.25) is 14.8 Å². The largest absolute Gasteiger partial charge is 0.490 e. The van der Waals surface area contributed by atoms with Crippen LogP contribution in [0.5, 0.6) is 5.75 Å². The van der Waals surface area contributed by atoms with Crippen molar-refractivity contribution in [2.45, 2.75) is 0 Å². The highest BCUT2D eigenvalue weighted by Crippen LogP contribution is 2.35. The summed E-state index contributed by atoms with van der Waals surface area (Å²) >= 11 is 0. The SMILES string of the molecule is COc1c(-c2ncn(C)n2)cccc1[N+](=O)[O-]. The summed E-state index contributed by atoms with van der Waals surface area (Å²) in [4.78, 5) is 14.4. The zero-order chi connectivity index (χ0) is 12.4. The Bertz CT molecular complexity index is 564. The van der Waals surface area contributed by atoms with Crippen LogP contribution in [0.25, 0.3) is 11.4 Å². The van der Waals surface area contributed by atoms with Gasteiger partial charge in [0, 0.05) is 13.1 Å². The van der Waals surface area contributed by atoms with Gasteiger partial charge in [-0.25, -0.2) is 4.98 Å². The number of hydrogen-bond donors (Lipinski definition) is 0. The minimum absolute atomic E-state index is 0.0996. The monoisotopic (exact) mass is 234 g/mol. The lowest BCUT2D eigenvalue weighted by Crippen LogP contribution is -1.97. The quantitative estimate of drug-likeness (QED) is 0.592. The summed E-state index contributed by atoms with van der Waals surface area (Å²) in [7, 11) is 3.11. The number of ether oxygens (including phenoxy) is 1. The van der Waals surface area contributed by atoms with Crippen LogP contribution in [0.3, 0.4) is 0 Å². The maximum absolute atomic E-state index is 10.8. The van der Waals surface area contributed by atoms with Gasteiger partial charge in [0.2, 0.25) is 5.75 Å². The third kappa shape index (κ3) is 1.94. The standard InChI is InChI=1S/C10H10N4O3/c1-13-6-11-10(12-13)7-4-3-5-8(14(15)16)9(7)17-2/h3-6H,1-2H3. The van der Waals surface area contributed by atoms with Gasteiger partial charge in [-0.1, -0.05) is 6.07 Å². The maximum atomic E-state index is 10.8. The zero-order valence-electron chi connectivity index (χ0n) is 9.32. The summed E-state index contributed by atoms with van der Waals surface area (Å²) in [6.45, 7) is 0. The number of nitrogens with zero attached hydrogens (tertiary/aromatic N) is 4. The molecule has 2 aromatic rings. The smallest absolute Gasteiger partial charge is 0.311 e. The van der Waals surface area contributed by atoms with Crippen LogP contribution in [-0.4, -0.2) is 26.8 Å². The van der Waals surface area contributed by atoms with E-state index in [2.05, 4.69) is 10.1 Å². The van der Waals surface area contributed by atoms with Crippen molar-refractivity contribution in [2.75, 3.05) is 7.11 Å². The number of hydrogen-bond acceptors (Lipinski definition) is 5. The van der Waals surface area contributed by atoms with Gasteiger partial charge in [-0.2, -0.15) is 5.10 Å². The number of methoxy groups -OCH3 is 1. The Kier molecular flexibility index (Phi) is 2.73. The van der Waals surface area contributed by atoms with E-state index < -0.39 is 4.92 Å². The molecule has 0 spiro atoms. The number of rotatable bonds is 3. The van der Waals surface area contributed by atoms with Gasteiger partial charge in [-0.05, 0) is 6.07 Å². The number of benzene rings is 1. The number of nitro benzene ring substituents is 1. The summed E-state index contributed by atoms with van der Waals surface area (Å²) in [5.41, 5.74) is 0.403. The second-order valence-electron chi connectivity index (χ2n) is 3.36. The van der Waals surface area contributed by atoms with Crippen molar-refractivity contribution < 1.29 is 9.66 Å². The Morgan fingerprint density at radius 2 is 2.24 bits per heavy atom. The lowest BCUT2D eigenvalue weighted by molar-refractivity contribution is -0.385. The molecular weight excluding hydrogens is 224 g/mol. The molecule has 88 valence electrons. The van der Waals surface area contributed by atoms with Crippen LogP contribution >= 0.6 is 0 Å². The van der Waals surface area contributed by atoms with Gasteiger partial charge in [0.25, 0.3) is 0 Å². The molecule has 1 heterocycles. The molecule has 0 aliphatic heterocycles. The molecule has 0 aliphatic rings. The van der Waals surface area contributed by atoms with Crippen molar-refractivity contribution in [2.24, 2.45) is 7.05 Å². The van der Waals surface area contributed by atoms with Crippen molar-refractivity contribution in [3.63, 3.8) is 0 Å². The van der Waals surface area contributed by atoms with Crippen LogP contribution in [0.2, 0.25) is 0 Å². The van der Waals surface area contributed by atoms with Crippen molar-refractivity contribution in [3.05, 3.63) is 34.6 Å². The second-order valence-corrected chi connectivity index (χ2v) is 3.36. The molecule has 2 rings (SSSR count). The highest BCUT2D eigenvalue weighted by molar-refractivity contribution is 5.70. The van der Waals surface area contributed by atoms with Crippen molar-refractivity contribution in [1.29, 1.82) is 0 Å². The lowest BCUT2D eigenvalue weighted by Gasteiger charge is -2.05. The first kappa shape index (κ1) is 11.1. The number of nitro groups is 1. The van der Waals surface area contributed by atoms with E-state index in [0.29, 0.717) is 11.4 Å². The van der Waals surface area contributed by atoms with E-state index in [4.69, 9.17) is 4.74 Å². The Labute approximate surface area is 96.8 Å². The molecule has 7 nitrogen and oxygen atoms in total. The van der Waals surface area contributed by atoms with Crippen molar-refractivity contribution >= 4 is 5.69 Å². The second kappa shape index (κ2) is 4.20. The number of aromatic nitrogens is 3. The molecule has 1 aromatic heterocycles. The molecule has 0 N–H and O–H groups in total. The number of para-hydroxylation sites is 1. The molecule has 0 radical (unpaired) electrons. The fourth-order valence-electron chi connectivity index (χ4n) is 1.52. The van der Waals surface area contributed by atoms with Gasteiger partial charge in [0.1, 0.15) is 6.33 Å². The van der Waals surface area contributed by atoms with Crippen LogP contribution in [0.1, 0.15) is 0 Å². The molecule has 0 fully saturated rings. The molecule has 0 bridgehead atoms. The molecule has 17 heavy (non-hydrogen) atoms. The Balaban J connectivity index is 2.61. The minimum Gasteiger partial charge on any atom is -0.490 e. The summed E-state index contributed by atoms with van der Waals surface area (Å²) in [5, 5.41) is 14.9. The van der Waals surface area contributed by atoms with Crippen LogP contribution in [0, 0.1) is 10.1 Å². The molecular formula is C10H10N4O3. The van der Waals surface area contributed by atoms with Crippen molar-refractivity contribution in [3.8, 4) is 17.1 Å². The topological polar surface area (TPSA) is 83.1 Å². The fourth-order valence-corrected chi connectivity index (χ4v) is 1.52. The molecule has 0 saturated carbocycles. The van der Waals surface area contributed by atoms with Crippen LogP contribution in [0.4, 0.5) is 5.69 Å². The third-order valence-corrected chi connectivity index (χ3v) is 2.24. The van der Waals surface area contributed by atoms with Crippen LogP contribution in [0.15, 0.2) is 24.5 Å². The lowest BCUT2D eigenvalue weighted by atomic mass is 10.1. The van der Waals surface area contributed by atoms with Gasteiger partial charge in [0.15, 0.2) is 5.82 Å². The summed E-state index contributed by atoms with van der Waals surface area (Å²) in [6.07, 6.45) is 1.52. The highest BCUT2D eigenvalue weighted by atomic mass is 16.6. The van der Waals surface area contributed by atoms with E-state index in [1.54, 1.807) is 19.2 Å². The first-order chi connectivity index (χ1) is 8.13. The van der Waals surface area contributed by atoms with Gasteiger partial charge in [0.05, 0.1) is 17.6 Å². The maximum Gasteiger partial charge on any atom is 0.311 e. The van der Waals surface area contributed by atoms with E-state index in [9.17, 15) is 10.1 Å². The number of aryl methyl sites for hydroxylation is 1. The molecule has 0 aliphatic carbocycles. The Hall–Kier alpha value is -2.44. The molecule has 7 heteroatoms. The normalized spacial score (nSPS) is 10.2. The minimum atomic E-state index is -0.495. The average Bonchev–Trinajstić information content (AvgIpc) is 2.74. The summed E-state index contributed by atoms with van der Waals surface area (Å²) < 4.78 is 6.59. The molecule has 0 saturated heterocycles. The van der Waals surface area contributed by atoms with Crippen LogP contribution < -0.4 is 4.74 Å². The Morgan fingerprint density at radius 3 is 2.76 bits per heavy atom. The average molecular weight is 234 g/mol. The predicted octanol–water partition coefficient (Wildman–Crippen LogP) is 1.40. The first-order valence-electron chi connectivity index (χ1n) is 4.81. The van der Waals surface area contributed by atoms with E-state index in [-0.39, 0.29) is 11.4 Å². The van der Waals surface area contributed by atoms with E-state index in [1.807, 2.05) is 0 Å². The molecule has 0 atom stereocenters. The zero-order valence-corrected chi connectivity index (χ0v) is 9.32. The van der Waals surface area contributed by atoms with Crippen LogP contribution in [-0.2, 0) is 7.05 Å². The molecule has 0 unspecified atom stereocenters. The van der Waals surface area contributed by atoms with Crippen molar-refractivity contribution in [1.82, 2.24) is 14.8 Å². The van der Waals surface area contributed by atoms with Gasteiger partial charge in [-0.15, -0.1) is 0 Å².